The molecule has 0 atom stereocenters. The predicted octanol–water partition coefficient (Wildman–Crippen LogP) is 2.18. The van der Waals surface area contributed by atoms with Crippen LogP contribution in [0, 0.1) is 0 Å². The predicted molar refractivity (Wildman–Crippen MR) is 82.5 cm³/mol. The van der Waals surface area contributed by atoms with E-state index in [0.717, 1.165) is 25.1 Å². The van der Waals surface area contributed by atoms with Crippen LogP contribution in [0.1, 0.15) is 23.2 Å². The molecule has 0 saturated heterocycles. The first-order valence-electron chi connectivity index (χ1n) is 7.27. The molecule has 21 heavy (non-hydrogen) atoms. The van der Waals surface area contributed by atoms with Gasteiger partial charge in [-0.1, -0.05) is 24.3 Å². The molecule has 0 fully saturated rings. The first-order chi connectivity index (χ1) is 10.2. The van der Waals surface area contributed by atoms with Crippen LogP contribution in [0.2, 0.25) is 0 Å². The molecule has 108 valence electrons. The Morgan fingerprint density at radius 2 is 2.00 bits per heavy atom. The summed E-state index contributed by atoms with van der Waals surface area (Å²) < 4.78 is 0. The third-order valence-corrected chi connectivity index (χ3v) is 3.89. The number of carbonyl (C=O) groups excluding carboxylic acids is 1. The lowest BCUT2D eigenvalue weighted by atomic mass is 10.0. The van der Waals surface area contributed by atoms with Crippen molar-refractivity contribution >= 4 is 11.6 Å². The fourth-order valence-electron chi connectivity index (χ4n) is 2.72. The molecule has 0 spiro atoms. The van der Waals surface area contributed by atoms with Gasteiger partial charge in [-0.2, -0.15) is 0 Å². The summed E-state index contributed by atoms with van der Waals surface area (Å²) in [4.78, 5) is 18.6. The SMILES string of the molecule is Nc1ccc(CC(=O)N2CCCc3ccccc3C2)nc1. The number of benzene rings is 1. The Labute approximate surface area is 124 Å². The van der Waals surface area contributed by atoms with E-state index in [2.05, 4.69) is 23.2 Å². The van der Waals surface area contributed by atoms with Gasteiger partial charge in [0.25, 0.3) is 0 Å². The molecule has 0 radical (unpaired) electrons. The van der Waals surface area contributed by atoms with Gasteiger partial charge in [-0.25, -0.2) is 0 Å². The van der Waals surface area contributed by atoms with Crippen LogP contribution in [-0.2, 0) is 24.2 Å². The third-order valence-electron chi connectivity index (χ3n) is 3.89. The lowest BCUT2D eigenvalue weighted by molar-refractivity contribution is -0.131. The van der Waals surface area contributed by atoms with Gasteiger partial charge in [0.1, 0.15) is 0 Å². The molecule has 4 heteroatoms. The molecule has 1 aromatic heterocycles. The van der Waals surface area contributed by atoms with Crippen molar-refractivity contribution in [2.24, 2.45) is 0 Å². The van der Waals surface area contributed by atoms with E-state index in [1.54, 1.807) is 12.3 Å². The summed E-state index contributed by atoms with van der Waals surface area (Å²) in [7, 11) is 0. The highest BCUT2D eigenvalue weighted by atomic mass is 16.2. The molecule has 0 saturated carbocycles. The first-order valence-corrected chi connectivity index (χ1v) is 7.27. The molecule has 2 N–H and O–H groups in total. The van der Waals surface area contributed by atoms with E-state index in [4.69, 9.17) is 5.73 Å². The van der Waals surface area contributed by atoms with Gasteiger partial charge in [-0.3, -0.25) is 9.78 Å². The topological polar surface area (TPSA) is 59.2 Å². The van der Waals surface area contributed by atoms with Gasteiger partial charge in [0.2, 0.25) is 5.91 Å². The molecule has 1 amide bonds. The quantitative estimate of drug-likeness (QED) is 0.918. The number of hydrogen-bond acceptors (Lipinski definition) is 3. The fraction of sp³-hybridized carbons (Fsp3) is 0.294. The van der Waals surface area contributed by atoms with Crippen LogP contribution in [0.25, 0.3) is 0 Å². The number of rotatable bonds is 2. The maximum absolute atomic E-state index is 12.5. The van der Waals surface area contributed by atoms with Gasteiger partial charge in [-0.15, -0.1) is 0 Å². The highest BCUT2D eigenvalue weighted by Crippen LogP contribution is 2.19. The summed E-state index contributed by atoms with van der Waals surface area (Å²) in [5, 5.41) is 0. The molecule has 1 aromatic carbocycles. The second-order valence-corrected chi connectivity index (χ2v) is 5.45. The van der Waals surface area contributed by atoms with Crippen LogP contribution in [0.3, 0.4) is 0 Å². The van der Waals surface area contributed by atoms with Gasteiger partial charge < -0.3 is 10.6 Å². The number of carbonyl (C=O) groups is 1. The van der Waals surface area contributed by atoms with Crippen molar-refractivity contribution in [3.63, 3.8) is 0 Å². The number of aryl methyl sites for hydroxylation is 1. The Kier molecular flexibility index (Phi) is 3.86. The summed E-state index contributed by atoms with van der Waals surface area (Å²) in [6.45, 7) is 1.51. The van der Waals surface area contributed by atoms with Crippen molar-refractivity contribution in [1.82, 2.24) is 9.88 Å². The zero-order valence-corrected chi connectivity index (χ0v) is 12.0. The van der Waals surface area contributed by atoms with Crippen LogP contribution in [-0.4, -0.2) is 22.3 Å². The highest BCUT2D eigenvalue weighted by Gasteiger charge is 2.19. The smallest absolute Gasteiger partial charge is 0.228 e. The number of anilines is 1. The van der Waals surface area contributed by atoms with E-state index in [-0.39, 0.29) is 5.91 Å². The fourth-order valence-corrected chi connectivity index (χ4v) is 2.72. The van der Waals surface area contributed by atoms with Crippen molar-refractivity contribution < 1.29 is 4.79 Å². The lowest BCUT2D eigenvalue weighted by Gasteiger charge is -2.20. The van der Waals surface area contributed by atoms with Gasteiger partial charge in [0, 0.05) is 18.8 Å². The average Bonchev–Trinajstić information content (AvgIpc) is 2.72. The number of hydrogen-bond donors (Lipinski definition) is 1. The maximum Gasteiger partial charge on any atom is 0.228 e. The Morgan fingerprint density at radius 1 is 1.19 bits per heavy atom. The van der Waals surface area contributed by atoms with Crippen LogP contribution in [0.15, 0.2) is 42.6 Å². The summed E-state index contributed by atoms with van der Waals surface area (Å²) in [5.41, 5.74) is 9.62. The minimum atomic E-state index is 0.129. The molecule has 4 nitrogen and oxygen atoms in total. The summed E-state index contributed by atoms with van der Waals surface area (Å²) in [5.74, 6) is 0.129. The van der Waals surface area contributed by atoms with Crippen LogP contribution < -0.4 is 5.73 Å². The molecular formula is C17H19N3O. The molecule has 2 aromatic rings. The Morgan fingerprint density at radius 3 is 2.76 bits per heavy atom. The third kappa shape index (κ3) is 3.21. The Hall–Kier alpha value is -2.36. The van der Waals surface area contributed by atoms with E-state index in [1.165, 1.54) is 11.1 Å². The molecule has 0 aliphatic carbocycles. The van der Waals surface area contributed by atoms with Gasteiger partial charge in [0.05, 0.1) is 18.3 Å². The van der Waals surface area contributed by atoms with E-state index in [1.807, 2.05) is 17.0 Å². The van der Waals surface area contributed by atoms with Crippen LogP contribution >= 0.6 is 0 Å². The molecule has 1 aliphatic heterocycles. The molecule has 3 rings (SSSR count). The Balaban J connectivity index is 1.71. The van der Waals surface area contributed by atoms with E-state index in [0.29, 0.717) is 18.7 Å². The second-order valence-electron chi connectivity index (χ2n) is 5.45. The van der Waals surface area contributed by atoms with Crippen molar-refractivity contribution in [2.45, 2.75) is 25.8 Å². The van der Waals surface area contributed by atoms with Crippen LogP contribution in [0.4, 0.5) is 5.69 Å². The first kappa shape index (κ1) is 13.6. The van der Waals surface area contributed by atoms with Gasteiger partial charge in [-0.05, 0) is 36.1 Å². The number of amides is 1. The minimum absolute atomic E-state index is 0.129. The molecule has 0 unspecified atom stereocenters. The van der Waals surface area contributed by atoms with Crippen molar-refractivity contribution in [3.8, 4) is 0 Å². The summed E-state index contributed by atoms with van der Waals surface area (Å²) in [6, 6.07) is 12.0. The number of nitrogens with two attached hydrogens (primary N) is 1. The second kappa shape index (κ2) is 5.95. The van der Waals surface area contributed by atoms with Crippen molar-refractivity contribution in [2.75, 3.05) is 12.3 Å². The van der Waals surface area contributed by atoms with Crippen LogP contribution in [0.5, 0.6) is 0 Å². The van der Waals surface area contributed by atoms with Crippen molar-refractivity contribution in [1.29, 1.82) is 0 Å². The number of aromatic nitrogens is 1. The zero-order chi connectivity index (χ0) is 14.7. The van der Waals surface area contributed by atoms with Gasteiger partial charge in [0.15, 0.2) is 0 Å². The van der Waals surface area contributed by atoms with E-state index < -0.39 is 0 Å². The Bertz CT molecular complexity index is 637. The monoisotopic (exact) mass is 281 g/mol. The largest absolute Gasteiger partial charge is 0.397 e. The van der Waals surface area contributed by atoms with E-state index >= 15 is 0 Å². The normalized spacial score (nSPS) is 14.4. The molecule has 0 bridgehead atoms. The zero-order valence-electron chi connectivity index (χ0n) is 12.0. The summed E-state index contributed by atoms with van der Waals surface area (Å²) in [6.07, 6.45) is 3.99. The molecule has 2 heterocycles. The number of nitrogen functional groups attached to an aromatic ring is 1. The lowest BCUT2D eigenvalue weighted by Crippen LogP contribution is -2.32. The molecule has 1 aliphatic rings. The standard InChI is InChI=1S/C17H19N3O/c18-15-7-8-16(19-11-15)10-17(21)20-9-3-6-13-4-1-2-5-14(13)12-20/h1-2,4-5,7-8,11H,3,6,9-10,12,18H2. The summed E-state index contributed by atoms with van der Waals surface area (Å²) >= 11 is 0. The van der Waals surface area contributed by atoms with E-state index in [9.17, 15) is 4.79 Å². The number of pyridine rings is 1. The maximum atomic E-state index is 12.5. The highest BCUT2D eigenvalue weighted by molar-refractivity contribution is 5.78. The van der Waals surface area contributed by atoms with Gasteiger partial charge >= 0.3 is 0 Å². The number of fused-ring (bicyclic) bond motifs is 1. The minimum Gasteiger partial charge on any atom is -0.397 e. The number of nitrogens with zero attached hydrogens (tertiary/aromatic N) is 2. The molecular weight excluding hydrogens is 262 g/mol. The average molecular weight is 281 g/mol. The van der Waals surface area contributed by atoms with Crippen molar-refractivity contribution in [3.05, 3.63) is 59.4 Å².